The van der Waals surface area contributed by atoms with Gasteiger partial charge in [0, 0.05) is 17.5 Å². The van der Waals surface area contributed by atoms with Crippen LogP contribution in [0, 0.1) is 12.8 Å². The van der Waals surface area contributed by atoms with Crippen molar-refractivity contribution >= 4 is 17.2 Å². The van der Waals surface area contributed by atoms with E-state index in [2.05, 4.69) is 10.3 Å². The van der Waals surface area contributed by atoms with Gasteiger partial charge in [0.2, 0.25) is 0 Å². The summed E-state index contributed by atoms with van der Waals surface area (Å²) in [5.41, 5.74) is 2.66. The smallest absolute Gasteiger partial charge is 0.270 e. The molecule has 4 nitrogen and oxygen atoms in total. The van der Waals surface area contributed by atoms with Crippen LogP contribution in [-0.2, 0) is 0 Å². The summed E-state index contributed by atoms with van der Waals surface area (Å²) in [6.07, 6.45) is 0.324. The van der Waals surface area contributed by atoms with Gasteiger partial charge >= 0.3 is 0 Å². The Labute approximate surface area is 135 Å². The SMILES string of the molecule is Cc1ccccc1-c1nc(C(=O)NCC(C)CC(C)O)cs1. The summed E-state index contributed by atoms with van der Waals surface area (Å²) >= 11 is 1.48. The summed E-state index contributed by atoms with van der Waals surface area (Å²) in [5.74, 6) is 0.0759. The maximum atomic E-state index is 12.1. The monoisotopic (exact) mass is 318 g/mol. The molecule has 2 unspecified atom stereocenters. The predicted molar refractivity (Wildman–Crippen MR) is 90.1 cm³/mol. The Bertz CT molecular complexity index is 637. The molecule has 2 aromatic rings. The van der Waals surface area contributed by atoms with Crippen molar-refractivity contribution in [2.45, 2.75) is 33.3 Å². The Morgan fingerprint density at radius 3 is 2.77 bits per heavy atom. The number of aryl methyl sites for hydroxylation is 1. The molecule has 1 aromatic carbocycles. The molecule has 22 heavy (non-hydrogen) atoms. The third kappa shape index (κ3) is 4.39. The highest BCUT2D eigenvalue weighted by molar-refractivity contribution is 7.13. The number of carbonyl (C=O) groups excluding carboxylic acids is 1. The van der Waals surface area contributed by atoms with E-state index >= 15 is 0 Å². The molecule has 1 aromatic heterocycles. The number of amides is 1. The van der Waals surface area contributed by atoms with E-state index in [1.54, 1.807) is 12.3 Å². The van der Waals surface area contributed by atoms with Crippen molar-refractivity contribution in [3.63, 3.8) is 0 Å². The van der Waals surface area contributed by atoms with E-state index in [4.69, 9.17) is 0 Å². The highest BCUT2D eigenvalue weighted by Crippen LogP contribution is 2.26. The first kappa shape index (κ1) is 16.6. The Morgan fingerprint density at radius 1 is 1.36 bits per heavy atom. The Kier molecular flexibility index (Phi) is 5.69. The van der Waals surface area contributed by atoms with Gasteiger partial charge in [0.25, 0.3) is 5.91 Å². The highest BCUT2D eigenvalue weighted by Gasteiger charge is 2.14. The fourth-order valence-corrected chi connectivity index (χ4v) is 3.23. The summed E-state index contributed by atoms with van der Waals surface area (Å²) in [6, 6.07) is 8.01. The van der Waals surface area contributed by atoms with Crippen LogP contribution in [0.5, 0.6) is 0 Å². The molecule has 0 spiro atoms. The highest BCUT2D eigenvalue weighted by atomic mass is 32.1. The van der Waals surface area contributed by atoms with Crippen molar-refractivity contribution in [1.82, 2.24) is 10.3 Å². The number of thiazole rings is 1. The fraction of sp³-hybridized carbons (Fsp3) is 0.412. The zero-order chi connectivity index (χ0) is 16.1. The van der Waals surface area contributed by atoms with Crippen LogP contribution in [0.3, 0.4) is 0 Å². The third-order valence-corrected chi connectivity index (χ3v) is 4.34. The first-order valence-corrected chi connectivity index (χ1v) is 8.33. The minimum atomic E-state index is -0.348. The Hall–Kier alpha value is -1.72. The van der Waals surface area contributed by atoms with Gasteiger partial charge in [-0.15, -0.1) is 11.3 Å². The average molecular weight is 318 g/mol. The Morgan fingerprint density at radius 2 is 2.09 bits per heavy atom. The number of rotatable bonds is 6. The lowest BCUT2D eigenvalue weighted by Gasteiger charge is -2.13. The van der Waals surface area contributed by atoms with Crippen LogP contribution >= 0.6 is 11.3 Å². The van der Waals surface area contributed by atoms with Crippen LogP contribution < -0.4 is 5.32 Å². The van der Waals surface area contributed by atoms with Crippen LogP contribution in [0.15, 0.2) is 29.6 Å². The quantitative estimate of drug-likeness (QED) is 0.859. The lowest BCUT2D eigenvalue weighted by atomic mass is 10.0. The van der Waals surface area contributed by atoms with Crippen LogP contribution in [0.25, 0.3) is 10.6 Å². The molecule has 0 saturated heterocycles. The minimum Gasteiger partial charge on any atom is -0.393 e. The van der Waals surface area contributed by atoms with Crippen LogP contribution in [0.4, 0.5) is 0 Å². The number of aliphatic hydroxyl groups is 1. The minimum absolute atomic E-state index is 0.159. The summed E-state index contributed by atoms with van der Waals surface area (Å²) in [6.45, 7) is 6.34. The van der Waals surface area contributed by atoms with Crippen molar-refractivity contribution in [3.8, 4) is 10.6 Å². The van der Waals surface area contributed by atoms with E-state index in [0.29, 0.717) is 18.7 Å². The van der Waals surface area contributed by atoms with Gasteiger partial charge in [-0.2, -0.15) is 0 Å². The fourth-order valence-electron chi connectivity index (χ4n) is 2.34. The van der Waals surface area contributed by atoms with Crippen molar-refractivity contribution < 1.29 is 9.90 Å². The predicted octanol–water partition coefficient (Wildman–Crippen LogP) is 3.26. The molecule has 2 N–H and O–H groups in total. The van der Waals surface area contributed by atoms with Gasteiger partial charge < -0.3 is 10.4 Å². The molecule has 0 aliphatic heterocycles. The summed E-state index contributed by atoms with van der Waals surface area (Å²) in [4.78, 5) is 16.6. The number of nitrogens with one attached hydrogen (secondary N) is 1. The molecule has 0 aliphatic carbocycles. The topological polar surface area (TPSA) is 62.2 Å². The second kappa shape index (κ2) is 7.51. The molecular weight excluding hydrogens is 296 g/mol. The summed E-state index contributed by atoms with van der Waals surface area (Å²) < 4.78 is 0. The van der Waals surface area contributed by atoms with E-state index in [9.17, 15) is 9.90 Å². The van der Waals surface area contributed by atoms with E-state index < -0.39 is 0 Å². The Balaban J connectivity index is 1.99. The average Bonchev–Trinajstić information content (AvgIpc) is 2.94. The second-order valence-corrected chi connectivity index (χ2v) is 6.61. The molecule has 0 saturated carbocycles. The number of hydrogen-bond donors (Lipinski definition) is 2. The van der Waals surface area contributed by atoms with Crippen molar-refractivity contribution in [2.75, 3.05) is 6.54 Å². The molecule has 2 atom stereocenters. The largest absolute Gasteiger partial charge is 0.393 e. The van der Waals surface area contributed by atoms with Crippen LogP contribution in [-0.4, -0.2) is 28.6 Å². The zero-order valence-electron chi connectivity index (χ0n) is 13.2. The van der Waals surface area contributed by atoms with Gasteiger partial charge in [-0.3, -0.25) is 4.79 Å². The molecule has 1 amide bonds. The van der Waals surface area contributed by atoms with Crippen LogP contribution in [0.2, 0.25) is 0 Å². The van der Waals surface area contributed by atoms with Gasteiger partial charge in [-0.05, 0) is 31.7 Å². The first-order chi connectivity index (χ1) is 10.5. The molecular formula is C17H22N2O2S. The van der Waals surface area contributed by atoms with Crippen LogP contribution in [0.1, 0.15) is 36.3 Å². The number of aromatic nitrogens is 1. The number of benzene rings is 1. The van der Waals surface area contributed by atoms with E-state index in [1.807, 2.05) is 38.1 Å². The van der Waals surface area contributed by atoms with Gasteiger partial charge in [-0.25, -0.2) is 4.98 Å². The van der Waals surface area contributed by atoms with Gasteiger partial charge in [0.05, 0.1) is 6.10 Å². The normalized spacial score (nSPS) is 13.6. The molecule has 0 aliphatic rings. The van der Waals surface area contributed by atoms with Crippen molar-refractivity contribution in [2.24, 2.45) is 5.92 Å². The number of hydrogen-bond acceptors (Lipinski definition) is 4. The van der Waals surface area contributed by atoms with E-state index in [1.165, 1.54) is 11.3 Å². The molecule has 1 heterocycles. The lowest BCUT2D eigenvalue weighted by molar-refractivity contribution is 0.0935. The maximum Gasteiger partial charge on any atom is 0.270 e. The van der Waals surface area contributed by atoms with Gasteiger partial charge in [-0.1, -0.05) is 31.2 Å². The molecule has 0 bridgehead atoms. The third-order valence-electron chi connectivity index (χ3n) is 3.47. The molecule has 0 fully saturated rings. The molecule has 2 rings (SSSR count). The maximum absolute atomic E-state index is 12.1. The lowest BCUT2D eigenvalue weighted by Crippen LogP contribution is -2.29. The van der Waals surface area contributed by atoms with Gasteiger partial charge in [0.1, 0.15) is 10.7 Å². The number of carbonyl (C=O) groups is 1. The van der Waals surface area contributed by atoms with E-state index in [-0.39, 0.29) is 17.9 Å². The zero-order valence-corrected chi connectivity index (χ0v) is 14.0. The molecule has 118 valence electrons. The van der Waals surface area contributed by atoms with E-state index in [0.717, 1.165) is 16.1 Å². The van der Waals surface area contributed by atoms with Crippen molar-refractivity contribution in [1.29, 1.82) is 0 Å². The standard InChI is InChI=1S/C17H22N2O2S/c1-11(8-13(3)20)9-18-16(21)15-10-22-17(19-15)14-7-5-4-6-12(14)2/h4-7,10-11,13,20H,8-9H2,1-3H3,(H,18,21). The van der Waals surface area contributed by atoms with Gasteiger partial charge in [0.15, 0.2) is 0 Å². The number of aliphatic hydroxyl groups excluding tert-OH is 1. The molecule has 5 heteroatoms. The van der Waals surface area contributed by atoms with Crippen molar-refractivity contribution in [3.05, 3.63) is 40.9 Å². The second-order valence-electron chi connectivity index (χ2n) is 5.75. The summed E-state index contributed by atoms with van der Waals surface area (Å²) in [7, 11) is 0. The summed E-state index contributed by atoms with van der Waals surface area (Å²) in [5, 5.41) is 14.9. The first-order valence-electron chi connectivity index (χ1n) is 7.45. The number of nitrogens with zero attached hydrogens (tertiary/aromatic N) is 1. The molecule has 0 radical (unpaired) electrons.